The Kier molecular flexibility index (Phi) is 4.18. The lowest BCUT2D eigenvalue weighted by molar-refractivity contribution is -0.139. The van der Waals surface area contributed by atoms with Gasteiger partial charge in [0.05, 0.1) is 0 Å². The number of hydrogen-bond donors (Lipinski definition) is 0. The van der Waals surface area contributed by atoms with Crippen molar-refractivity contribution in [2.24, 2.45) is 0 Å². The van der Waals surface area contributed by atoms with E-state index in [1.165, 1.54) is 0 Å². The van der Waals surface area contributed by atoms with Crippen LogP contribution in [0.5, 0.6) is 5.75 Å². The molecule has 0 aliphatic heterocycles. The van der Waals surface area contributed by atoms with Crippen molar-refractivity contribution in [2.45, 2.75) is 6.92 Å². The summed E-state index contributed by atoms with van der Waals surface area (Å²) < 4.78 is 10.6. The monoisotopic (exact) mass is 256 g/mol. The van der Waals surface area contributed by atoms with E-state index in [4.69, 9.17) is 9.47 Å². The second-order valence-corrected chi connectivity index (χ2v) is 4.24. The predicted molar refractivity (Wildman–Crippen MR) is 75.2 cm³/mol. The first-order valence-corrected chi connectivity index (χ1v) is 6.11. The van der Waals surface area contributed by atoms with Gasteiger partial charge in [-0.2, -0.15) is 0 Å². The van der Waals surface area contributed by atoms with E-state index >= 15 is 0 Å². The topological polar surface area (TPSA) is 35.5 Å². The maximum absolute atomic E-state index is 11.2. The molecule has 0 bridgehead atoms. The Balaban J connectivity index is 1.95. The minimum atomic E-state index is -0.387. The minimum Gasteiger partial charge on any atom is -0.489 e. The van der Waals surface area contributed by atoms with Gasteiger partial charge < -0.3 is 9.47 Å². The molecule has 0 heterocycles. The van der Waals surface area contributed by atoms with Gasteiger partial charge >= 0.3 is 5.97 Å². The molecule has 0 radical (unpaired) electrons. The predicted octanol–water partition coefficient (Wildman–Crippen LogP) is 3.34. The van der Waals surface area contributed by atoms with Crippen molar-refractivity contribution < 1.29 is 14.3 Å². The van der Waals surface area contributed by atoms with Crippen molar-refractivity contribution in [1.29, 1.82) is 0 Å². The highest BCUT2D eigenvalue weighted by Crippen LogP contribution is 2.24. The average molecular weight is 256 g/mol. The number of carbonyl (C=O) groups is 1. The normalized spacial score (nSPS) is 10.2. The largest absolute Gasteiger partial charge is 0.489 e. The first-order chi connectivity index (χ1) is 9.18. The Hall–Kier alpha value is -2.29. The average Bonchev–Trinajstić information content (AvgIpc) is 2.43. The van der Waals surface area contributed by atoms with E-state index in [0.717, 1.165) is 16.5 Å². The number of rotatable bonds is 5. The van der Waals surface area contributed by atoms with Gasteiger partial charge in [-0.25, -0.2) is 4.79 Å². The Labute approximate surface area is 112 Å². The van der Waals surface area contributed by atoms with Crippen LogP contribution in [0.2, 0.25) is 0 Å². The van der Waals surface area contributed by atoms with Crippen LogP contribution in [0.15, 0.2) is 54.6 Å². The van der Waals surface area contributed by atoms with E-state index in [2.05, 4.69) is 6.58 Å². The van der Waals surface area contributed by atoms with Gasteiger partial charge in [0.1, 0.15) is 19.0 Å². The molecule has 2 aromatic carbocycles. The number of hydrogen-bond acceptors (Lipinski definition) is 3. The van der Waals surface area contributed by atoms with Crippen LogP contribution in [0.25, 0.3) is 10.8 Å². The summed E-state index contributed by atoms with van der Waals surface area (Å²) in [6.45, 7) is 5.68. The third-order valence-electron chi connectivity index (χ3n) is 2.67. The summed E-state index contributed by atoms with van der Waals surface area (Å²) >= 11 is 0. The lowest BCUT2D eigenvalue weighted by Crippen LogP contribution is -2.12. The molecule has 0 saturated carbocycles. The number of benzene rings is 2. The molecule has 0 unspecified atom stereocenters. The van der Waals surface area contributed by atoms with Gasteiger partial charge in [-0.3, -0.25) is 0 Å². The molecule has 0 atom stereocenters. The van der Waals surface area contributed by atoms with E-state index in [9.17, 15) is 4.79 Å². The van der Waals surface area contributed by atoms with Crippen LogP contribution in [0.4, 0.5) is 0 Å². The molecular weight excluding hydrogens is 240 g/mol. The van der Waals surface area contributed by atoms with Crippen molar-refractivity contribution in [2.75, 3.05) is 13.2 Å². The van der Waals surface area contributed by atoms with Gasteiger partial charge in [-0.05, 0) is 18.4 Å². The summed E-state index contributed by atoms with van der Waals surface area (Å²) in [6, 6.07) is 13.9. The summed E-state index contributed by atoms with van der Waals surface area (Å²) in [7, 11) is 0. The van der Waals surface area contributed by atoms with Gasteiger partial charge in [0, 0.05) is 11.0 Å². The smallest absolute Gasteiger partial charge is 0.333 e. The second-order valence-electron chi connectivity index (χ2n) is 4.24. The summed E-state index contributed by atoms with van der Waals surface area (Å²) in [4.78, 5) is 11.2. The Morgan fingerprint density at radius 1 is 1.11 bits per heavy atom. The highest BCUT2D eigenvalue weighted by molar-refractivity contribution is 5.88. The van der Waals surface area contributed by atoms with E-state index < -0.39 is 0 Å². The van der Waals surface area contributed by atoms with E-state index in [1.54, 1.807) is 6.92 Å². The van der Waals surface area contributed by atoms with Crippen LogP contribution < -0.4 is 4.74 Å². The molecule has 0 aromatic heterocycles. The number of carbonyl (C=O) groups excluding carboxylic acids is 1. The van der Waals surface area contributed by atoms with Gasteiger partial charge in [0.25, 0.3) is 0 Å². The van der Waals surface area contributed by atoms with Crippen LogP contribution in [0, 0.1) is 0 Å². The first kappa shape index (κ1) is 13.1. The zero-order valence-corrected chi connectivity index (χ0v) is 10.9. The van der Waals surface area contributed by atoms with Crippen LogP contribution >= 0.6 is 0 Å². The molecule has 0 saturated heterocycles. The van der Waals surface area contributed by atoms with E-state index in [-0.39, 0.29) is 12.6 Å². The fourth-order valence-corrected chi connectivity index (χ4v) is 1.73. The fourth-order valence-electron chi connectivity index (χ4n) is 1.73. The summed E-state index contributed by atoms with van der Waals surface area (Å²) in [6.07, 6.45) is 0. The zero-order valence-electron chi connectivity index (χ0n) is 10.9. The third kappa shape index (κ3) is 3.35. The molecule has 3 heteroatoms. The molecule has 3 nitrogen and oxygen atoms in total. The van der Waals surface area contributed by atoms with Crippen LogP contribution in [0.1, 0.15) is 6.92 Å². The molecule has 98 valence electrons. The van der Waals surface area contributed by atoms with Crippen molar-refractivity contribution in [3.8, 4) is 5.75 Å². The molecule has 0 N–H and O–H groups in total. The first-order valence-electron chi connectivity index (χ1n) is 6.11. The molecular formula is C16H16O3. The van der Waals surface area contributed by atoms with Crippen molar-refractivity contribution >= 4 is 16.7 Å². The lowest BCUT2D eigenvalue weighted by Gasteiger charge is -2.09. The maximum Gasteiger partial charge on any atom is 0.333 e. The number of esters is 1. The van der Waals surface area contributed by atoms with Crippen molar-refractivity contribution in [3.63, 3.8) is 0 Å². The molecule has 0 aliphatic rings. The van der Waals surface area contributed by atoms with E-state index in [0.29, 0.717) is 12.2 Å². The van der Waals surface area contributed by atoms with Crippen molar-refractivity contribution in [3.05, 3.63) is 54.6 Å². The SMILES string of the molecule is C=C(C)C(=O)OCCOc1cccc2ccccc12. The number of fused-ring (bicyclic) bond motifs is 1. The number of ether oxygens (including phenoxy) is 2. The molecule has 19 heavy (non-hydrogen) atoms. The zero-order chi connectivity index (χ0) is 13.7. The van der Waals surface area contributed by atoms with Gasteiger partial charge in [0.15, 0.2) is 0 Å². The standard InChI is InChI=1S/C16H16O3/c1-12(2)16(17)19-11-10-18-15-9-5-7-13-6-3-4-8-14(13)15/h3-9H,1,10-11H2,2H3. The Morgan fingerprint density at radius 3 is 2.63 bits per heavy atom. The van der Waals surface area contributed by atoms with Crippen LogP contribution in [-0.4, -0.2) is 19.2 Å². The molecule has 0 spiro atoms. The van der Waals surface area contributed by atoms with Crippen molar-refractivity contribution in [1.82, 2.24) is 0 Å². The minimum absolute atomic E-state index is 0.217. The molecule has 0 fully saturated rings. The van der Waals surface area contributed by atoms with Gasteiger partial charge in [-0.15, -0.1) is 0 Å². The highest BCUT2D eigenvalue weighted by Gasteiger charge is 2.04. The summed E-state index contributed by atoms with van der Waals surface area (Å²) in [5.41, 5.74) is 0.394. The molecule has 0 amide bonds. The maximum atomic E-state index is 11.2. The van der Waals surface area contributed by atoms with Gasteiger partial charge in [0.2, 0.25) is 0 Å². The van der Waals surface area contributed by atoms with Gasteiger partial charge in [-0.1, -0.05) is 43.0 Å². The second kappa shape index (κ2) is 6.05. The quantitative estimate of drug-likeness (QED) is 0.467. The molecule has 0 aliphatic carbocycles. The highest BCUT2D eigenvalue weighted by atomic mass is 16.6. The Bertz CT molecular complexity index is 596. The summed E-state index contributed by atoms with van der Waals surface area (Å²) in [5.74, 6) is 0.408. The molecule has 2 rings (SSSR count). The lowest BCUT2D eigenvalue weighted by atomic mass is 10.1. The Morgan fingerprint density at radius 2 is 1.84 bits per heavy atom. The fraction of sp³-hybridized carbons (Fsp3) is 0.188. The van der Waals surface area contributed by atoms with Crippen LogP contribution in [0.3, 0.4) is 0 Å². The summed E-state index contributed by atoms with van der Waals surface area (Å²) in [5, 5.41) is 2.18. The van der Waals surface area contributed by atoms with Crippen LogP contribution in [-0.2, 0) is 9.53 Å². The third-order valence-corrected chi connectivity index (χ3v) is 2.67. The van der Waals surface area contributed by atoms with E-state index in [1.807, 2.05) is 42.5 Å². The molecule has 2 aromatic rings.